The van der Waals surface area contributed by atoms with Gasteiger partial charge in [-0.1, -0.05) is 11.6 Å². The van der Waals surface area contributed by atoms with E-state index in [2.05, 4.69) is 10.5 Å². The Morgan fingerprint density at radius 1 is 1.17 bits per heavy atom. The Bertz CT molecular complexity index is 747. The van der Waals surface area contributed by atoms with Crippen molar-refractivity contribution in [3.8, 4) is 17.2 Å². The average Bonchev–Trinajstić information content (AvgIpc) is 2.56. The molecule has 0 saturated heterocycles. The van der Waals surface area contributed by atoms with Crippen LogP contribution in [0.3, 0.4) is 0 Å². The quantitative estimate of drug-likeness (QED) is 0.651. The molecule has 0 heterocycles. The lowest BCUT2D eigenvalue weighted by Gasteiger charge is -2.07. The molecule has 1 amide bonds. The van der Waals surface area contributed by atoms with E-state index in [1.165, 1.54) is 31.5 Å². The second-order valence-electron chi connectivity index (χ2n) is 4.48. The van der Waals surface area contributed by atoms with Gasteiger partial charge in [0.15, 0.2) is 11.5 Å². The highest BCUT2D eigenvalue weighted by Crippen LogP contribution is 2.26. The molecule has 0 aliphatic rings. The van der Waals surface area contributed by atoms with E-state index in [0.717, 1.165) is 0 Å². The topological polar surface area (TPSA) is 80.2 Å². The molecule has 0 aliphatic heterocycles. The number of hydrazone groups is 1. The van der Waals surface area contributed by atoms with Crippen LogP contribution in [0.15, 0.2) is 41.5 Å². The van der Waals surface area contributed by atoms with Crippen LogP contribution in [-0.4, -0.2) is 31.4 Å². The predicted octanol–water partition coefficient (Wildman–Crippen LogP) is 2.83. The van der Waals surface area contributed by atoms with Crippen LogP contribution in [0.25, 0.3) is 0 Å². The Balaban J connectivity index is 2.09. The first-order valence-corrected chi connectivity index (χ1v) is 6.97. The largest absolute Gasteiger partial charge is 0.507 e. The second kappa shape index (κ2) is 7.51. The molecule has 6 nitrogen and oxygen atoms in total. The number of aromatic hydroxyl groups is 1. The van der Waals surface area contributed by atoms with Gasteiger partial charge in [0.2, 0.25) is 0 Å². The van der Waals surface area contributed by atoms with Crippen molar-refractivity contribution in [2.45, 2.75) is 0 Å². The van der Waals surface area contributed by atoms with E-state index in [0.29, 0.717) is 22.1 Å². The van der Waals surface area contributed by atoms with Gasteiger partial charge in [0, 0.05) is 5.02 Å². The molecule has 2 N–H and O–H groups in total. The molecule has 0 bridgehead atoms. The molecule has 0 aromatic heterocycles. The van der Waals surface area contributed by atoms with Crippen LogP contribution in [0.5, 0.6) is 17.2 Å². The number of nitrogens with zero attached hydrogens (tertiary/aromatic N) is 1. The standard InChI is InChI=1S/C16H15ClN2O4/c1-22-14-6-3-10(7-15(14)23-2)9-18-19-16(21)12-8-11(17)4-5-13(12)20/h3-9,20H,1-2H3,(H,19,21)/b18-9+. The lowest BCUT2D eigenvalue weighted by atomic mass is 10.2. The predicted molar refractivity (Wildman–Crippen MR) is 87.7 cm³/mol. The van der Waals surface area contributed by atoms with E-state index in [1.54, 1.807) is 25.3 Å². The highest BCUT2D eigenvalue weighted by atomic mass is 35.5. The minimum Gasteiger partial charge on any atom is -0.507 e. The van der Waals surface area contributed by atoms with Gasteiger partial charge < -0.3 is 14.6 Å². The minimum atomic E-state index is -0.568. The van der Waals surface area contributed by atoms with Crippen molar-refractivity contribution >= 4 is 23.7 Å². The minimum absolute atomic E-state index is 0.0435. The zero-order chi connectivity index (χ0) is 16.8. The molecule has 7 heteroatoms. The number of halogens is 1. The third kappa shape index (κ3) is 4.14. The summed E-state index contributed by atoms with van der Waals surface area (Å²) in [5.74, 6) is 0.405. The number of nitrogens with one attached hydrogen (secondary N) is 1. The third-order valence-electron chi connectivity index (χ3n) is 2.99. The zero-order valence-electron chi connectivity index (χ0n) is 12.5. The lowest BCUT2D eigenvalue weighted by molar-refractivity contribution is 0.0952. The Kier molecular flexibility index (Phi) is 5.43. The summed E-state index contributed by atoms with van der Waals surface area (Å²) in [5, 5.41) is 13.8. The zero-order valence-corrected chi connectivity index (χ0v) is 13.3. The summed E-state index contributed by atoms with van der Waals surface area (Å²) in [6.45, 7) is 0. The highest BCUT2D eigenvalue weighted by molar-refractivity contribution is 6.31. The van der Waals surface area contributed by atoms with Crippen molar-refractivity contribution in [3.05, 3.63) is 52.5 Å². The van der Waals surface area contributed by atoms with Crippen LogP contribution in [-0.2, 0) is 0 Å². The third-order valence-corrected chi connectivity index (χ3v) is 3.23. The number of phenolic OH excluding ortho intramolecular Hbond substituents is 1. The van der Waals surface area contributed by atoms with Gasteiger partial charge in [0.25, 0.3) is 5.91 Å². The molecule has 2 aromatic carbocycles. The maximum atomic E-state index is 11.9. The fourth-order valence-electron chi connectivity index (χ4n) is 1.85. The van der Waals surface area contributed by atoms with Crippen molar-refractivity contribution in [2.75, 3.05) is 14.2 Å². The molecule has 23 heavy (non-hydrogen) atoms. The molecule has 0 unspecified atom stereocenters. The first-order chi connectivity index (χ1) is 11.0. The maximum Gasteiger partial charge on any atom is 0.275 e. The number of ether oxygens (including phenoxy) is 2. The maximum absolute atomic E-state index is 11.9. The molecular formula is C16H15ClN2O4. The van der Waals surface area contributed by atoms with E-state index in [-0.39, 0.29) is 11.3 Å². The Morgan fingerprint density at radius 2 is 1.91 bits per heavy atom. The smallest absolute Gasteiger partial charge is 0.275 e. The fourth-order valence-corrected chi connectivity index (χ4v) is 2.02. The number of carbonyl (C=O) groups is 1. The van der Waals surface area contributed by atoms with Crippen molar-refractivity contribution in [1.82, 2.24) is 5.43 Å². The van der Waals surface area contributed by atoms with Crippen LogP contribution >= 0.6 is 11.6 Å². The first-order valence-electron chi connectivity index (χ1n) is 6.59. The van der Waals surface area contributed by atoms with E-state index in [4.69, 9.17) is 21.1 Å². The van der Waals surface area contributed by atoms with Gasteiger partial charge in [-0.05, 0) is 42.0 Å². The fraction of sp³-hybridized carbons (Fsp3) is 0.125. The Labute approximate surface area is 138 Å². The van der Waals surface area contributed by atoms with Crippen LogP contribution < -0.4 is 14.9 Å². The van der Waals surface area contributed by atoms with Crippen LogP contribution in [0.2, 0.25) is 5.02 Å². The molecule has 2 rings (SSSR count). The number of hydrogen-bond acceptors (Lipinski definition) is 5. The molecule has 0 aliphatic carbocycles. The molecule has 0 atom stereocenters. The highest BCUT2D eigenvalue weighted by Gasteiger charge is 2.10. The first kappa shape index (κ1) is 16.6. The molecule has 2 aromatic rings. The number of amides is 1. The summed E-state index contributed by atoms with van der Waals surface area (Å²) in [5.41, 5.74) is 3.07. The lowest BCUT2D eigenvalue weighted by Crippen LogP contribution is -2.17. The van der Waals surface area contributed by atoms with Crippen LogP contribution in [0.4, 0.5) is 0 Å². The van der Waals surface area contributed by atoms with E-state index < -0.39 is 5.91 Å². The number of benzene rings is 2. The summed E-state index contributed by atoms with van der Waals surface area (Å²) >= 11 is 5.80. The number of hydrogen-bond donors (Lipinski definition) is 2. The molecule has 0 fully saturated rings. The second-order valence-corrected chi connectivity index (χ2v) is 4.91. The van der Waals surface area contributed by atoms with Crippen LogP contribution in [0.1, 0.15) is 15.9 Å². The van der Waals surface area contributed by atoms with E-state index in [9.17, 15) is 9.90 Å². The Hall–Kier alpha value is -2.73. The normalized spacial score (nSPS) is 10.6. The summed E-state index contributed by atoms with van der Waals surface area (Å²) in [6.07, 6.45) is 1.45. The number of carbonyl (C=O) groups excluding carboxylic acids is 1. The van der Waals surface area contributed by atoms with Gasteiger partial charge >= 0.3 is 0 Å². The average molecular weight is 335 g/mol. The van der Waals surface area contributed by atoms with Gasteiger partial charge in [-0.15, -0.1) is 0 Å². The van der Waals surface area contributed by atoms with Gasteiger partial charge in [-0.2, -0.15) is 5.10 Å². The molecule has 0 radical (unpaired) electrons. The van der Waals surface area contributed by atoms with Crippen molar-refractivity contribution < 1.29 is 19.4 Å². The summed E-state index contributed by atoms with van der Waals surface area (Å²) in [7, 11) is 3.08. The molecule has 120 valence electrons. The molecule has 0 spiro atoms. The molecular weight excluding hydrogens is 320 g/mol. The van der Waals surface area contributed by atoms with Gasteiger partial charge in [0.05, 0.1) is 26.0 Å². The van der Waals surface area contributed by atoms with E-state index >= 15 is 0 Å². The van der Waals surface area contributed by atoms with Crippen molar-refractivity contribution in [3.63, 3.8) is 0 Å². The summed E-state index contributed by atoms with van der Waals surface area (Å²) in [6, 6.07) is 9.39. The number of rotatable bonds is 5. The monoisotopic (exact) mass is 334 g/mol. The van der Waals surface area contributed by atoms with Gasteiger partial charge in [-0.25, -0.2) is 5.43 Å². The summed E-state index contributed by atoms with van der Waals surface area (Å²) < 4.78 is 10.3. The molecule has 0 saturated carbocycles. The SMILES string of the molecule is COc1ccc(/C=N/NC(=O)c2cc(Cl)ccc2O)cc1OC. The Morgan fingerprint density at radius 3 is 2.61 bits per heavy atom. The van der Waals surface area contributed by atoms with Gasteiger partial charge in [0.1, 0.15) is 5.75 Å². The van der Waals surface area contributed by atoms with E-state index in [1.807, 2.05) is 0 Å². The number of phenols is 1. The van der Waals surface area contributed by atoms with Gasteiger partial charge in [-0.3, -0.25) is 4.79 Å². The van der Waals surface area contributed by atoms with Crippen molar-refractivity contribution in [1.29, 1.82) is 0 Å². The summed E-state index contributed by atoms with van der Waals surface area (Å²) in [4.78, 5) is 11.9. The van der Waals surface area contributed by atoms with Crippen molar-refractivity contribution in [2.24, 2.45) is 5.10 Å². The van der Waals surface area contributed by atoms with Crippen LogP contribution in [0, 0.1) is 0 Å². The number of methoxy groups -OCH3 is 2.